The normalized spacial score (nSPS) is 8.33. The number of nitrogens with zero attached hydrogens (tertiary/aromatic N) is 2. The van der Waals surface area contributed by atoms with Crippen LogP contribution in [0.15, 0.2) is 9.98 Å². The number of hydrogen-bond donors (Lipinski definition) is 2. The van der Waals surface area contributed by atoms with Crippen LogP contribution in [-0.2, 0) is 0 Å². The molecule has 0 spiro atoms. The molecule has 0 aromatic carbocycles. The summed E-state index contributed by atoms with van der Waals surface area (Å²) >= 11 is 0. The molecule has 4 heteroatoms. The van der Waals surface area contributed by atoms with Gasteiger partial charge in [-0.3, -0.25) is 0 Å². The molecule has 2 N–H and O–H groups in total. The van der Waals surface area contributed by atoms with Crippen LogP contribution in [-0.4, -0.2) is 25.1 Å². The molecule has 12 heavy (non-hydrogen) atoms. The summed E-state index contributed by atoms with van der Waals surface area (Å²) in [7, 11) is 0. The Morgan fingerprint density at radius 1 is 0.750 bits per heavy atom. The van der Waals surface area contributed by atoms with Gasteiger partial charge in [-0.25, -0.2) is 20.8 Å². The maximum atomic E-state index is 6.51. The summed E-state index contributed by atoms with van der Waals surface area (Å²) in [4.78, 5) is 7.31. The fourth-order valence-electron chi connectivity index (χ4n) is 0.847. The summed E-state index contributed by atoms with van der Waals surface area (Å²) in [6.07, 6.45) is 4.25. The molecule has 0 saturated carbocycles. The Bertz CT molecular complexity index is 165. The second-order valence-corrected chi connectivity index (χ2v) is 2.40. The first kappa shape index (κ1) is 10.8. The molecule has 0 aromatic heterocycles. The van der Waals surface area contributed by atoms with Crippen LogP contribution in [0, 0.1) is 10.8 Å². The standard InChI is InChI=1S/C8H14N4/c9-7-11-5-3-1-2-4-6-12-8-10/h9-10H,1-6H2. The molecular formula is C8H14N4. The van der Waals surface area contributed by atoms with Crippen LogP contribution in [0.25, 0.3) is 0 Å². The number of aliphatic imine (C=N–C) groups is 2. The van der Waals surface area contributed by atoms with Gasteiger partial charge in [-0.2, -0.15) is 0 Å². The lowest BCUT2D eigenvalue weighted by molar-refractivity contribution is 0.655. The van der Waals surface area contributed by atoms with Crippen LogP contribution in [0.3, 0.4) is 0 Å². The Morgan fingerprint density at radius 3 is 1.50 bits per heavy atom. The Labute approximate surface area is 72.5 Å². The van der Waals surface area contributed by atoms with Gasteiger partial charge in [-0.15, -0.1) is 0 Å². The van der Waals surface area contributed by atoms with Gasteiger partial charge in [0, 0.05) is 13.1 Å². The predicted octanol–water partition coefficient (Wildman–Crippen LogP) is 2.05. The molecule has 0 rings (SSSR count). The van der Waals surface area contributed by atoms with Gasteiger partial charge in [0.2, 0.25) is 0 Å². The van der Waals surface area contributed by atoms with Crippen LogP contribution in [0.4, 0.5) is 0 Å². The zero-order valence-corrected chi connectivity index (χ0v) is 7.14. The van der Waals surface area contributed by atoms with Crippen molar-refractivity contribution < 1.29 is 0 Å². The Morgan fingerprint density at radius 2 is 1.17 bits per heavy atom. The summed E-state index contributed by atoms with van der Waals surface area (Å²) in [5.74, 6) is 0. The van der Waals surface area contributed by atoms with E-state index < -0.39 is 0 Å². The van der Waals surface area contributed by atoms with Crippen molar-refractivity contribution in [2.75, 3.05) is 13.1 Å². The lowest BCUT2D eigenvalue weighted by Crippen LogP contribution is -1.84. The highest BCUT2D eigenvalue weighted by Crippen LogP contribution is 1.99. The van der Waals surface area contributed by atoms with E-state index in [-0.39, 0.29) is 0 Å². The molecule has 4 nitrogen and oxygen atoms in total. The van der Waals surface area contributed by atoms with E-state index in [1.54, 1.807) is 0 Å². The number of unbranched alkanes of at least 4 members (excludes halogenated alkanes) is 3. The molecule has 0 aliphatic carbocycles. The van der Waals surface area contributed by atoms with E-state index in [4.69, 9.17) is 10.8 Å². The second-order valence-electron chi connectivity index (χ2n) is 2.40. The largest absolute Gasteiger partial charge is 0.242 e. The summed E-state index contributed by atoms with van der Waals surface area (Å²) in [6.45, 7) is 1.41. The molecular weight excluding hydrogens is 152 g/mol. The molecule has 0 aromatic rings. The lowest BCUT2D eigenvalue weighted by atomic mass is 10.2. The highest BCUT2D eigenvalue weighted by Gasteiger charge is 1.87. The minimum absolute atomic E-state index is 0.706. The fraction of sp³-hybridized carbons (Fsp3) is 0.750. The minimum atomic E-state index is 0.706. The quantitative estimate of drug-likeness (QED) is 0.429. The van der Waals surface area contributed by atoms with Gasteiger partial charge in [0.05, 0.1) is 12.0 Å². The molecule has 0 unspecified atom stereocenters. The van der Waals surface area contributed by atoms with Crippen LogP contribution >= 0.6 is 0 Å². The van der Waals surface area contributed by atoms with E-state index in [0.717, 1.165) is 25.7 Å². The van der Waals surface area contributed by atoms with Crippen molar-refractivity contribution in [3.63, 3.8) is 0 Å². The van der Waals surface area contributed by atoms with E-state index in [2.05, 4.69) is 9.98 Å². The van der Waals surface area contributed by atoms with E-state index in [1.165, 1.54) is 0 Å². The monoisotopic (exact) mass is 166 g/mol. The number of nitrogens with one attached hydrogen (secondary N) is 2. The van der Waals surface area contributed by atoms with E-state index in [0.29, 0.717) is 13.1 Å². The van der Waals surface area contributed by atoms with E-state index in [9.17, 15) is 0 Å². The van der Waals surface area contributed by atoms with Crippen molar-refractivity contribution >= 4 is 12.0 Å². The smallest absolute Gasteiger partial charge is 0.0861 e. The molecule has 0 atom stereocenters. The highest BCUT2D eigenvalue weighted by molar-refractivity contribution is 5.35. The molecule has 0 aliphatic rings. The number of rotatable bonds is 7. The van der Waals surface area contributed by atoms with Crippen molar-refractivity contribution in [2.45, 2.75) is 25.7 Å². The Kier molecular flexibility index (Phi) is 8.75. The van der Waals surface area contributed by atoms with Gasteiger partial charge in [0.1, 0.15) is 0 Å². The lowest BCUT2D eigenvalue weighted by Gasteiger charge is -1.94. The van der Waals surface area contributed by atoms with Crippen molar-refractivity contribution in [2.24, 2.45) is 9.98 Å². The average Bonchev–Trinajstić information content (AvgIpc) is 2.10. The third kappa shape index (κ3) is 8.76. The summed E-state index contributed by atoms with van der Waals surface area (Å²) in [6, 6.07) is 4.00. The van der Waals surface area contributed by atoms with E-state index >= 15 is 0 Å². The summed E-state index contributed by atoms with van der Waals surface area (Å²) in [5.41, 5.74) is 0. The maximum Gasteiger partial charge on any atom is 0.0861 e. The molecule has 0 aliphatic heterocycles. The number of hydrogen-bond acceptors (Lipinski definition) is 4. The SMILES string of the molecule is N=C=NCCCCCCN=C=N. The van der Waals surface area contributed by atoms with Crippen molar-refractivity contribution in [1.82, 2.24) is 0 Å². The van der Waals surface area contributed by atoms with Gasteiger partial charge < -0.3 is 0 Å². The van der Waals surface area contributed by atoms with Gasteiger partial charge in [-0.1, -0.05) is 12.8 Å². The van der Waals surface area contributed by atoms with Gasteiger partial charge >= 0.3 is 0 Å². The maximum absolute atomic E-state index is 6.51. The molecule has 0 radical (unpaired) electrons. The van der Waals surface area contributed by atoms with Crippen LogP contribution in [0.1, 0.15) is 25.7 Å². The third-order valence-corrected chi connectivity index (χ3v) is 1.45. The molecule has 0 saturated heterocycles. The Hall–Kier alpha value is -1.24. The van der Waals surface area contributed by atoms with Crippen molar-refractivity contribution in [1.29, 1.82) is 10.8 Å². The third-order valence-electron chi connectivity index (χ3n) is 1.45. The fourth-order valence-corrected chi connectivity index (χ4v) is 0.847. The predicted molar refractivity (Wildman–Crippen MR) is 48.5 cm³/mol. The summed E-state index contributed by atoms with van der Waals surface area (Å²) < 4.78 is 0. The zero-order chi connectivity index (χ0) is 9.07. The second kappa shape index (κ2) is 9.76. The van der Waals surface area contributed by atoms with Gasteiger partial charge in [-0.05, 0) is 12.8 Å². The van der Waals surface area contributed by atoms with Crippen molar-refractivity contribution in [3.8, 4) is 0 Å². The first-order valence-corrected chi connectivity index (χ1v) is 4.08. The van der Waals surface area contributed by atoms with Gasteiger partial charge in [0.25, 0.3) is 0 Å². The van der Waals surface area contributed by atoms with Gasteiger partial charge in [0.15, 0.2) is 0 Å². The topological polar surface area (TPSA) is 72.4 Å². The molecule has 66 valence electrons. The van der Waals surface area contributed by atoms with Crippen molar-refractivity contribution in [3.05, 3.63) is 0 Å². The highest BCUT2D eigenvalue weighted by atomic mass is 14.7. The minimum Gasteiger partial charge on any atom is -0.242 e. The Balaban J connectivity index is 3.00. The van der Waals surface area contributed by atoms with E-state index in [1.807, 2.05) is 12.0 Å². The molecule has 0 bridgehead atoms. The molecule has 0 amide bonds. The van der Waals surface area contributed by atoms with Crippen LogP contribution in [0.2, 0.25) is 0 Å². The first-order valence-electron chi connectivity index (χ1n) is 4.08. The zero-order valence-electron chi connectivity index (χ0n) is 7.14. The average molecular weight is 166 g/mol. The summed E-state index contributed by atoms with van der Waals surface area (Å²) in [5, 5.41) is 13.0. The molecule has 0 heterocycles. The van der Waals surface area contributed by atoms with Crippen LogP contribution < -0.4 is 0 Å². The first-order chi connectivity index (χ1) is 5.91. The van der Waals surface area contributed by atoms with Crippen LogP contribution in [0.5, 0.6) is 0 Å². The molecule has 0 fully saturated rings.